The number of hydrogen-bond donors (Lipinski definition) is 2. The van der Waals surface area contributed by atoms with Crippen molar-refractivity contribution in [3.8, 4) is 0 Å². The second kappa shape index (κ2) is 7.48. The van der Waals surface area contributed by atoms with Gasteiger partial charge in [-0.2, -0.15) is 0 Å². The van der Waals surface area contributed by atoms with Gasteiger partial charge in [-0.1, -0.05) is 19.1 Å². The van der Waals surface area contributed by atoms with Gasteiger partial charge >= 0.3 is 0 Å². The largest absolute Gasteiger partial charge is 0.394 e. The lowest BCUT2D eigenvalue weighted by molar-refractivity contribution is 0.0981. The summed E-state index contributed by atoms with van der Waals surface area (Å²) in [5.41, 5.74) is 0.735. The van der Waals surface area contributed by atoms with Crippen LogP contribution in [0.2, 0.25) is 0 Å². The molecule has 1 atom stereocenters. The zero-order valence-electron chi connectivity index (χ0n) is 9.93. The summed E-state index contributed by atoms with van der Waals surface area (Å²) in [5.74, 6) is 0.623. The third-order valence-corrected chi connectivity index (χ3v) is 3.46. The summed E-state index contributed by atoms with van der Waals surface area (Å²) in [6.45, 7) is 1.76. The van der Waals surface area contributed by atoms with Crippen molar-refractivity contribution in [2.75, 3.05) is 12.4 Å². The van der Waals surface area contributed by atoms with Crippen LogP contribution in [0.4, 0.5) is 0 Å². The van der Waals surface area contributed by atoms with E-state index < -0.39 is 6.10 Å². The second-order valence-corrected chi connectivity index (χ2v) is 4.94. The van der Waals surface area contributed by atoms with Crippen molar-refractivity contribution < 1.29 is 15.0 Å². The van der Waals surface area contributed by atoms with Gasteiger partial charge in [-0.05, 0) is 18.6 Å². The summed E-state index contributed by atoms with van der Waals surface area (Å²) in [6, 6.07) is 7.37. The van der Waals surface area contributed by atoms with E-state index in [9.17, 15) is 9.90 Å². The lowest BCUT2D eigenvalue weighted by atomic mass is 10.1. The van der Waals surface area contributed by atoms with Crippen molar-refractivity contribution in [3.63, 3.8) is 0 Å². The lowest BCUT2D eigenvalue weighted by Crippen LogP contribution is -2.14. The number of thioether (sulfide) groups is 1. The Hall–Kier alpha value is -0.840. The van der Waals surface area contributed by atoms with Crippen LogP contribution in [0.1, 0.15) is 30.1 Å². The van der Waals surface area contributed by atoms with Crippen molar-refractivity contribution in [2.24, 2.45) is 0 Å². The molecule has 0 saturated heterocycles. The molecule has 0 aliphatic carbocycles. The molecule has 0 spiro atoms. The molecule has 0 aliphatic rings. The molecule has 17 heavy (non-hydrogen) atoms. The SMILES string of the molecule is CCCC(=O)c1ccc(SCC(O)CO)cc1. The Morgan fingerprint density at radius 2 is 2.00 bits per heavy atom. The van der Waals surface area contributed by atoms with Crippen LogP contribution in [0.15, 0.2) is 29.2 Å². The van der Waals surface area contributed by atoms with Crippen LogP contribution in [0.25, 0.3) is 0 Å². The smallest absolute Gasteiger partial charge is 0.162 e. The van der Waals surface area contributed by atoms with Gasteiger partial charge in [0.25, 0.3) is 0 Å². The lowest BCUT2D eigenvalue weighted by Gasteiger charge is -2.07. The number of carbonyl (C=O) groups excluding carboxylic acids is 1. The molecular weight excluding hydrogens is 236 g/mol. The van der Waals surface area contributed by atoms with Crippen LogP contribution >= 0.6 is 11.8 Å². The monoisotopic (exact) mass is 254 g/mol. The zero-order chi connectivity index (χ0) is 12.7. The molecule has 0 bridgehead atoms. The summed E-state index contributed by atoms with van der Waals surface area (Å²) < 4.78 is 0. The van der Waals surface area contributed by atoms with Crippen molar-refractivity contribution in [2.45, 2.75) is 30.8 Å². The predicted octanol–water partition coefficient (Wildman–Crippen LogP) is 2.11. The molecule has 1 aromatic carbocycles. The highest BCUT2D eigenvalue weighted by Gasteiger charge is 2.06. The molecule has 0 saturated carbocycles. The minimum atomic E-state index is -0.693. The van der Waals surface area contributed by atoms with Crippen LogP contribution in [0.3, 0.4) is 0 Å². The highest BCUT2D eigenvalue weighted by atomic mass is 32.2. The molecule has 0 radical (unpaired) electrons. The van der Waals surface area contributed by atoms with Gasteiger partial charge in [0.2, 0.25) is 0 Å². The van der Waals surface area contributed by atoms with Gasteiger partial charge in [0.15, 0.2) is 5.78 Å². The van der Waals surface area contributed by atoms with Gasteiger partial charge < -0.3 is 10.2 Å². The normalized spacial score (nSPS) is 12.4. The van der Waals surface area contributed by atoms with Gasteiger partial charge in [0, 0.05) is 22.6 Å². The van der Waals surface area contributed by atoms with Crippen molar-refractivity contribution in [3.05, 3.63) is 29.8 Å². The number of aliphatic hydroxyl groups excluding tert-OH is 2. The average Bonchev–Trinajstić information content (AvgIpc) is 2.36. The third-order valence-electron chi connectivity index (χ3n) is 2.31. The Morgan fingerprint density at radius 3 is 2.53 bits per heavy atom. The Kier molecular flexibility index (Phi) is 6.26. The molecular formula is C13H18O3S. The first-order valence-electron chi connectivity index (χ1n) is 5.72. The van der Waals surface area contributed by atoms with E-state index in [1.807, 2.05) is 31.2 Å². The summed E-state index contributed by atoms with van der Waals surface area (Å²) in [6.07, 6.45) is 0.745. The molecule has 0 aliphatic heterocycles. The summed E-state index contributed by atoms with van der Waals surface area (Å²) >= 11 is 1.47. The molecule has 1 unspecified atom stereocenters. The van der Waals surface area contributed by atoms with E-state index in [1.54, 1.807) is 0 Å². The van der Waals surface area contributed by atoms with Crippen LogP contribution in [0, 0.1) is 0 Å². The first-order chi connectivity index (χ1) is 8.17. The quantitative estimate of drug-likeness (QED) is 0.578. The van der Waals surface area contributed by atoms with E-state index in [0.29, 0.717) is 12.2 Å². The van der Waals surface area contributed by atoms with Crippen molar-refractivity contribution in [1.82, 2.24) is 0 Å². The molecule has 0 aromatic heterocycles. The fourth-order valence-electron chi connectivity index (χ4n) is 1.35. The molecule has 4 heteroatoms. The van der Waals surface area contributed by atoms with Gasteiger partial charge in [0.1, 0.15) is 0 Å². The van der Waals surface area contributed by atoms with Gasteiger partial charge in [-0.25, -0.2) is 0 Å². The van der Waals surface area contributed by atoms with Gasteiger partial charge in [-0.15, -0.1) is 11.8 Å². The molecule has 0 amide bonds. The Labute approximate surface area is 106 Å². The van der Waals surface area contributed by atoms with E-state index in [4.69, 9.17) is 5.11 Å². The molecule has 1 aromatic rings. The first kappa shape index (κ1) is 14.2. The van der Waals surface area contributed by atoms with E-state index >= 15 is 0 Å². The summed E-state index contributed by atoms with van der Waals surface area (Å²) in [4.78, 5) is 12.6. The van der Waals surface area contributed by atoms with E-state index in [2.05, 4.69) is 0 Å². The van der Waals surface area contributed by atoms with E-state index in [0.717, 1.165) is 16.9 Å². The Bertz CT molecular complexity index is 348. The molecule has 2 N–H and O–H groups in total. The molecule has 0 fully saturated rings. The minimum absolute atomic E-state index is 0.166. The number of Topliss-reactive ketones (excluding diaryl/α,β-unsaturated/α-hetero) is 1. The summed E-state index contributed by atoms with van der Waals surface area (Å²) in [5, 5.41) is 17.9. The maximum absolute atomic E-state index is 11.6. The minimum Gasteiger partial charge on any atom is -0.394 e. The summed E-state index contributed by atoms with van der Waals surface area (Å²) in [7, 11) is 0. The third kappa shape index (κ3) is 4.89. The second-order valence-electron chi connectivity index (χ2n) is 3.84. The van der Waals surface area contributed by atoms with Gasteiger partial charge in [0.05, 0.1) is 12.7 Å². The maximum atomic E-state index is 11.6. The number of benzene rings is 1. The first-order valence-corrected chi connectivity index (χ1v) is 6.71. The number of hydrogen-bond acceptors (Lipinski definition) is 4. The highest BCUT2D eigenvalue weighted by molar-refractivity contribution is 7.99. The highest BCUT2D eigenvalue weighted by Crippen LogP contribution is 2.19. The molecule has 3 nitrogen and oxygen atoms in total. The van der Waals surface area contributed by atoms with Crippen LogP contribution < -0.4 is 0 Å². The Balaban J connectivity index is 2.53. The average molecular weight is 254 g/mol. The van der Waals surface area contributed by atoms with E-state index in [1.165, 1.54) is 11.8 Å². The number of rotatable bonds is 7. The standard InChI is InChI=1S/C13H18O3S/c1-2-3-13(16)10-4-6-12(7-5-10)17-9-11(15)8-14/h4-7,11,14-15H,2-3,8-9H2,1H3. The number of carbonyl (C=O) groups is 1. The molecule has 94 valence electrons. The predicted molar refractivity (Wildman–Crippen MR) is 69.5 cm³/mol. The number of ketones is 1. The van der Waals surface area contributed by atoms with Crippen LogP contribution in [-0.4, -0.2) is 34.5 Å². The maximum Gasteiger partial charge on any atom is 0.162 e. The molecule has 1 rings (SSSR count). The van der Waals surface area contributed by atoms with Crippen molar-refractivity contribution >= 4 is 17.5 Å². The Morgan fingerprint density at radius 1 is 1.35 bits per heavy atom. The van der Waals surface area contributed by atoms with Gasteiger partial charge in [-0.3, -0.25) is 4.79 Å². The van der Waals surface area contributed by atoms with Crippen LogP contribution in [-0.2, 0) is 0 Å². The fraction of sp³-hybridized carbons (Fsp3) is 0.462. The topological polar surface area (TPSA) is 57.5 Å². The van der Waals surface area contributed by atoms with E-state index in [-0.39, 0.29) is 12.4 Å². The van der Waals surface area contributed by atoms with Crippen LogP contribution in [0.5, 0.6) is 0 Å². The zero-order valence-corrected chi connectivity index (χ0v) is 10.7. The van der Waals surface area contributed by atoms with Crippen molar-refractivity contribution in [1.29, 1.82) is 0 Å². The molecule has 0 heterocycles. The fourth-order valence-corrected chi connectivity index (χ4v) is 2.17. The number of aliphatic hydroxyl groups is 2.